The molecule has 1 aliphatic heterocycles. The van der Waals surface area contributed by atoms with Crippen LogP contribution in [-0.2, 0) is 0 Å². The molecule has 1 aromatic rings. The van der Waals surface area contributed by atoms with Gasteiger partial charge in [-0.15, -0.1) is 11.3 Å². The molecule has 0 amide bonds. The second-order valence-corrected chi connectivity index (χ2v) is 7.66. The van der Waals surface area contributed by atoms with E-state index < -0.39 is 0 Å². The van der Waals surface area contributed by atoms with Gasteiger partial charge < -0.3 is 10.6 Å². The Morgan fingerprint density at radius 3 is 2.60 bits per heavy atom. The summed E-state index contributed by atoms with van der Waals surface area (Å²) in [5, 5.41) is 2.15. The lowest BCUT2D eigenvalue weighted by Crippen LogP contribution is -2.47. The van der Waals surface area contributed by atoms with Gasteiger partial charge in [0, 0.05) is 26.8 Å². The molecule has 2 unspecified atom stereocenters. The van der Waals surface area contributed by atoms with Crippen molar-refractivity contribution in [2.24, 2.45) is 5.73 Å². The number of likely N-dealkylation sites (tertiary alicyclic amines) is 1. The van der Waals surface area contributed by atoms with E-state index in [4.69, 9.17) is 5.73 Å². The number of likely N-dealkylation sites (N-methyl/N-ethyl adjacent to an activating group) is 1. The van der Waals surface area contributed by atoms with E-state index in [1.807, 2.05) is 0 Å². The summed E-state index contributed by atoms with van der Waals surface area (Å²) in [4.78, 5) is 6.41. The number of piperidine rings is 1. The first-order valence-electron chi connectivity index (χ1n) is 7.46. The van der Waals surface area contributed by atoms with Gasteiger partial charge >= 0.3 is 0 Å². The van der Waals surface area contributed by atoms with Crippen LogP contribution in [0.1, 0.15) is 37.6 Å². The van der Waals surface area contributed by atoms with Gasteiger partial charge in [-0.05, 0) is 68.4 Å². The summed E-state index contributed by atoms with van der Waals surface area (Å²) in [6, 6.07) is 3.34. The average molecular weight is 360 g/mol. The molecule has 0 aromatic carbocycles. The Morgan fingerprint density at radius 2 is 2.15 bits per heavy atom. The van der Waals surface area contributed by atoms with Gasteiger partial charge in [-0.2, -0.15) is 0 Å². The van der Waals surface area contributed by atoms with Gasteiger partial charge in [0.25, 0.3) is 0 Å². The van der Waals surface area contributed by atoms with Gasteiger partial charge in [0.15, 0.2) is 0 Å². The van der Waals surface area contributed by atoms with Crippen LogP contribution < -0.4 is 5.73 Å². The highest BCUT2D eigenvalue weighted by molar-refractivity contribution is 9.10. The van der Waals surface area contributed by atoms with E-state index in [0.29, 0.717) is 12.1 Å². The molecule has 1 aliphatic rings. The molecule has 2 heterocycles. The van der Waals surface area contributed by atoms with Gasteiger partial charge in [0.1, 0.15) is 0 Å². The van der Waals surface area contributed by atoms with E-state index in [0.717, 1.165) is 4.47 Å². The zero-order valence-corrected chi connectivity index (χ0v) is 15.1. The van der Waals surface area contributed by atoms with Crippen molar-refractivity contribution >= 4 is 27.3 Å². The summed E-state index contributed by atoms with van der Waals surface area (Å²) in [5.41, 5.74) is 6.28. The number of nitrogens with two attached hydrogens (primary N) is 1. The van der Waals surface area contributed by atoms with Crippen molar-refractivity contribution in [2.75, 3.05) is 26.7 Å². The Morgan fingerprint density at radius 1 is 1.50 bits per heavy atom. The van der Waals surface area contributed by atoms with Crippen LogP contribution in [0.15, 0.2) is 15.9 Å². The molecule has 0 aliphatic carbocycles. The molecule has 2 rings (SSSR count). The van der Waals surface area contributed by atoms with Crippen molar-refractivity contribution in [2.45, 2.75) is 44.8 Å². The standard InChI is InChI=1S/C15H26BrN3S/c1-4-19-7-5-13(6-8-19)18(3)15(11(2)17)14-9-12(16)10-20-14/h9-11,13,15H,4-8,17H2,1-3H3. The van der Waals surface area contributed by atoms with E-state index >= 15 is 0 Å². The molecule has 3 nitrogen and oxygen atoms in total. The number of hydrogen-bond donors (Lipinski definition) is 1. The first-order valence-corrected chi connectivity index (χ1v) is 9.14. The second kappa shape index (κ2) is 7.36. The van der Waals surface area contributed by atoms with Crippen LogP contribution in [0.25, 0.3) is 0 Å². The zero-order valence-electron chi connectivity index (χ0n) is 12.7. The van der Waals surface area contributed by atoms with Crippen molar-refractivity contribution < 1.29 is 0 Å². The molecular formula is C15H26BrN3S. The summed E-state index contributed by atoms with van der Waals surface area (Å²) < 4.78 is 1.16. The largest absolute Gasteiger partial charge is 0.326 e. The third kappa shape index (κ3) is 3.83. The Labute approximate surface area is 135 Å². The topological polar surface area (TPSA) is 32.5 Å². The third-order valence-corrected chi connectivity index (χ3v) is 6.16. The maximum absolute atomic E-state index is 6.28. The summed E-state index contributed by atoms with van der Waals surface area (Å²) in [7, 11) is 2.24. The zero-order chi connectivity index (χ0) is 14.7. The minimum Gasteiger partial charge on any atom is -0.326 e. The quantitative estimate of drug-likeness (QED) is 0.874. The van der Waals surface area contributed by atoms with Crippen LogP contribution in [0, 0.1) is 0 Å². The minimum atomic E-state index is 0.148. The fraction of sp³-hybridized carbons (Fsp3) is 0.733. The fourth-order valence-electron chi connectivity index (χ4n) is 3.18. The Hall–Kier alpha value is 0.0600. The summed E-state index contributed by atoms with van der Waals surface area (Å²) in [6.45, 7) is 7.97. The molecule has 0 saturated carbocycles. The lowest BCUT2D eigenvalue weighted by Gasteiger charge is -2.41. The monoisotopic (exact) mass is 359 g/mol. The molecule has 5 heteroatoms. The van der Waals surface area contributed by atoms with Crippen molar-refractivity contribution in [3.8, 4) is 0 Å². The normalized spacial score (nSPS) is 21.3. The lowest BCUT2D eigenvalue weighted by atomic mass is 9.99. The van der Waals surface area contributed by atoms with Crippen LogP contribution in [0.5, 0.6) is 0 Å². The van der Waals surface area contributed by atoms with Crippen LogP contribution >= 0.6 is 27.3 Å². The van der Waals surface area contributed by atoms with Gasteiger partial charge in [0.2, 0.25) is 0 Å². The molecule has 114 valence electrons. The lowest BCUT2D eigenvalue weighted by molar-refractivity contribution is 0.0909. The van der Waals surface area contributed by atoms with E-state index in [1.165, 1.54) is 37.4 Å². The van der Waals surface area contributed by atoms with Crippen molar-refractivity contribution in [1.29, 1.82) is 0 Å². The molecule has 1 aromatic heterocycles. The summed E-state index contributed by atoms with van der Waals surface area (Å²) >= 11 is 5.36. The Kier molecular flexibility index (Phi) is 6.05. The van der Waals surface area contributed by atoms with Crippen molar-refractivity contribution in [1.82, 2.24) is 9.80 Å². The average Bonchev–Trinajstić information content (AvgIpc) is 2.85. The van der Waals surface area contributed by atoms with Crippen LogP contribution in [0.3, 0.4) is 0 Å². The fourth-order valence-corrected chi connectivity index (χ4v) is 4.89. The Balaban J connectivity index is 2.06. The molecule has 0 spiro atoms. The first-order chi connectivity index (χ1) is 9.52. The SMILES string of the molecule is CCN1CCC(N(C)C(c2cc(Br)cs2)C(C)N)CC1. The molecule has 20 heavy (non-hydrogen) atoms. The van der Waals surface area contributed by atoms with E-state index in [-0.39, 0.29) is 6.04 Å². The predicted molar refractivity (Wildman–Crippen MR) is 91.3 cm³/mol. The number of hydrogen-bond acceptors (Lipinski definition) is 4. The predicted octanol–water partition coefficient (Wildman–Crippen LogP) is 3.32. The van der Waals surface area contributed by atoms with Gasteiger partial charge in [-0.1, -0.05) is 6.92 Å². The second-order valence-electron chi connectivity index (χ2n) is 5.80. The third-order valence-electron chi connectivity index (χ3n) is 4.40. The van der Waals surface area contributed by atoms with Gasteiger partial charge in [-0.25, -0.2) is 0 Å². The van der Waals surface area contributed by atoms with E-state index in [2.05, 4.69) is 58.1 Å². The van der Waals surface area contributed by atoms with E-state index in [1.54, 1.807) is 11.3 Å². The van der Waals surface area contributed by atoms with Crippen LogP contribution in [0.4, 0.5) is 0 Å². The highest BCUT2D eigenvalue weighted by atomic mass is 79.9. The van der Waals surface area contributed by atoms with Crippen LogP contribution in [-0.4, -0.2) is 48.6 Å². The molecular weight excluding hydrogens is 334 g/mol. The molecule has 2 N–H and O–H groups in total. The van der Waals surface area contributed by atoms with Crippen molar-refractivity contribution in [3.05, 3.63) is 20.8 Å². The molecule has 0 radical (unpaired) electrons. The number of thiophene rings is 1. The number of nitrogens with zero attached hydrogens (tertiary/aromatic N) is 2. The summed E-state index contributed by atoms with van der Waals surface area (Å²) in [5.74, 6) is 0. The molecule has 2 atom stereocenters. The highest BCUT2D eigenvalue weighted by Crippen LogP contribution is 2.33. The summed E-state index contributed by atoms with van der Waals surface area (Å²) in [6.07, 6.45) is 2.50. The maximum Gasteiger partial charge on any atom is 0.0591 e. The van der Waals surface area contributed by atoms with E-state index in [9.17, 15) is 0 Å². The van der Waals surface area contributed by atoms with Gasteiger partial charge in [-0.3, -0.25) is 4.90 Å². The highest BCUT2D eigenvalue weighted by Gasteiger charge is 2.30. The molecule has 1 fully saturated rings. The Bertz CT molecular complexity index is 413. The first kappa shape index (κ1) is 16.4. The number of rotatable bonds is 5. The smallest absolute Gasteiger partial charge is 0.0591 e. The van der Waals surface area contributed by atoms with Gasteiger partial charge in [0.05, 0.1) is 6.04 Å². The molecule has 0 bridgehead atoms. The van der Waals surface area contributed by atoms with Crippen molar-refractivity contribution in [3.63, 3.8) is 0 Å². The number of halogens is 1. The minimum absolute atomic E-state index is 0.148. The molecule has 1 saturated heterocycles. The maximum atomic E-state index is 6.28. The van der Waals surface area contributed by atoms with Crippen LogP contribution in [0.2, 0.25) is 0 Å².